The van der Waals surface area contributed by atoms with Crippen LogP contribution in [0.5, 0.6) is 11.5 Å². The first-order valence-electron chi connectivity index (χ1n) is 6.70. The Morgan fingerprint density at radius 3 is 2.60 bits per heavy atom. The summed E-state index contributed by atoms with van der Waals surface area (Å²) in [7, 11) is 0. The molecule has 0 spiro atoms. The van der Waals surface area contributed by atoms with Crippen LogP contribution in [0.15, 0.2) is 54.6 Å². The van der Waals surface area contributed by atoms with Crippen LogP contribution in [0.1, 0.15) is 31.2 Å². The van der Waals surface area contributed by atoms with Gasteiger partial charge >= 0.3 is 5.97 Å². The first kappa shape index (κ1) is 14.1. The van der Waals surface area contributed by atoms with Gasteiger partial charge < -0.3 is 9.84 Å². The largest absolute Gasteiger partial charge is 0.508 e. The molecular weight excluding hydrogens is 252 g/mol. The highest BCUT2D eigenvalue weighted by molar-refractivity contribution is 5.72. The quantitative estimate of drug-likeness (QED) is 0.662. The Morgan fingerprint density at radius 1 is 1.15 bits per heavy atom. The van der Waals surface area contributed by atoms with E-state index in [9.17, 15) is 9.90 Å². The highest BCUT2D eigenvalue weighted by Gasteiger charge is 2.10. The molecule has 104 valence electrons. The Hall–Kier alpha value is -2.29. The number of esters is 1. The van der Waals surface area contributed by atoms with Crippen molar-refractivity contribution in [1.82, 2.24) is 0 Å². The Morgan fingerprint density at radius 2 is 1.90 bits per heavy atom. The molecule has 1 unspecified atom stereocenters. The maximum absolute atomic E-state index is 11.8. The molecule has 0 aliphatic carbocycles. The number of hydrogen-bond donors (Lipinski definition) is 1. The number of phenolic OH excluding ortho intramolecular Hbond substituents is 1. The van der Waals surface area contributed by atoms with E-state index >= 15 is 0 Å². The summed E-state index contributed by atoms with van der Waals surface area (Å²) in [5.74, 6) is 0.502. The molecule has 0 aliphatic heterocycles. The average Bonchev–Trinajstić information content (AvgIpc) is 2.46. The number of hydrogen-bond acceptors (Lipinski definition) is 3. The molecule has 0 heterocycles. The molecule has 1 atom stereocenters. The molecule has 0 aromatic heterocycles. The monoisotopic (exact) mass is 270 g/mol. The third-order valence-electron chi connectivity index (χ3n) is 3.20. The predicted octanol–water partition coefficient (Wildman–Crippen LogP) is 3.88. The summed E-state index contributed by atoms with van der Waals surface area (Å²) in [6.07, 6.45) is 1.09. The highest BCUT2D eigenvalue weighted by atomic mass is 16.5. The number of rotatable bonds is 5. The zero-order valence-corrected chi connectivity index (χ0v) is 11.5. The molecule has 2 aromatic rings. The van der Waals surface area contributed by atoms with Gasteiger partial charge in [0.25, 0.3) is 0 Å². The molecule has 0 bridgehead atoms. The van der Waals surface area contributed by atoms with E-state index in [2.05, 4.69) is 19.1 Å². The molecule has 0 amide bonds. The van der Waals surface area contributed by atoms with Crippen molar-refractivity contribution in [2.45, 2.75) is 25.7 Å². The van der Waals surface area contributed by atoms with Crippen molar-refractivity contribution in [2.75, 3.05) is 0 Å². The van der Waals surface area contributed by atoms with Gasteiger partial charge in [0.2, 0.25) is 0 Å². The van der Waals surface area contributed by atoms with Gasteiger partial charge in [0.05, 0.1) is 0 Å². The molecule has 0 radical (unpaired) electrons. The highest BCUT2D eigenvalue weighted by Crippen LogP contribution is 2.22. The van der Waals surface area contributed by atoms with Crippen molar-refractivity contribution >= 4 is 5.97 Å². The maximum atomic E-state index is 11.8. The summed E-state index contributed by atoms with van der Waals surface area (Å²) in [5, 5.41) is 9.30. The van der Waals surface area contributed by atoms with Gasteiger partial charge in [-0.05, 0) is 30.0 Å². The number of carbonyl (C=O) groups excluding carboxylic acids is 1. The normalized spacial score (nSPS) is 11.8. The lowest BCUT2D eigenvalue weighted by molar-refractivity contribution is -0.134. The molecule has 0 fully saturated rings. The van der Waals surface area contributed by atoms with Gasteiger partial charge in [0.1, 0.15) is 11.5 Å². The lowest BCUT2D eigenvalue weighted by Crippen LogP contribution is -2.09. The second-order valence-corrected chi connectivity index (χ2v) is 4.82. The Balaban J connectivity index is 1.83. The van der Waals surface area contributed by atoms with Crippen molar-refractivity contribution < 1.29 is 14.6 Å². The van der Waals surface area contributed by atoms with E-state index < -0.39 is 0 Å². The molecule has 0 aliphatic rings. The number of benzene rings is 2. The van der Waals surface area contributed by atoms with Crippen LogP contribution in [0.3, 0.4) is 0 Å². The van der Waals surface area contributed by atoms with Crippen molar-refractivity contribution in [3.05, 3.63) is 60.2 Å². The van der Waals surface area contributed by atoms with Crippen LogP contribution >= 0.6 is 0 Å². The average molecular weight is 270 g/mol. The van der Waals surface area contributed by atoms with Crippen LogP contribution in [0, 0.1) is 0 Å². The molecule has 3 heteroatoms. The number of phenols is 1. The smallest absolute Gasteiger partial charge is 0.311 e. The Labute approximate surface area is 118 Å². The molecule has 20 heavy (non-hydrogen) atoms. The molecule has 3 nitrogen and oxygen atoms in total. The van der Waals surface area contributed by atoms with E-state index in [1.54, 1.807) is 12.1 Å². The number of carbonyl (C=O) groups is 1. The fourth-order valence-corrected chi connectivity index (χ4v) is 2.01. The van der Waals surface area contributed by atoms with E-state index in [4.69, 9.17) is 4.74 Å². The van der Waals surface area contributed by atoms with Crippen molar-refractivity contribution in [3.8, 4) is 11.5 Å². The van der Waals surface area contributed by atoms with Gasteiger partial charge in [-0.3, -0.25) is 4.79 Å². The standard InChI is InChI=1S/C17H18O3/c1-13(14-6-3-2-4-7-14)10-11-17(19)20-16-9-5-8-15(18)12-16/h2-9,12-13,18H,10-11H2,1H3. The second-order valence-electron chi connectivity index (χ2n) is 4.82. The van der Waals surface area contributed by atoms with E-state index in [0.29, 0.717) is 18.1 Å². The zero-order valence-electron chi connectivity index (χ0n) is 11.5. The van der Waals surface area contributed by atoms with E-state index in [1.807, 2.05) is 18.2 Å². The topological polar surface area (TPSA) is 46.5 Å². The molecule has 1 N–H and O–H groups in total. The van der Waals surface area contributed by atoms with E-state index in [1.165, 1.54) is 17.7 Å². The minimum absolute atomic E-state index is 0.0907. The van der Waals surface area contributed by atoms with Gasteiger partial charge in [-0.25, -0.2) is 0 Å². The minimum Gasteiger partial charge on any atom is -0.508 e. The van der Waals surface area contributed by atoms with Gasteiger partial charge in [-0.15, -0.1) is 0 Å². The third-order valence-corrected chi connectivity index (χ3v) is 3.20. The van der Waals surface area contributed by atoms with E-state index in [0.717, 1.165) is 6.42 Å². The Kier molecular flexibility index (Phi) is 4.77. The van der Waals surface area contributed by atoms with Gasteiger partial charge in [-0.1, -0.05) is 43.3 Å². The van der Waals surface area contributed by atoms with Crippen LogP contribution in [-0.4, -0.2) is 11.1 Å². The second kappa shape index (κ2) is 6.75. The summed E-state index contributed by atoms with van der Waals surface area (Å²) in [6, 6.07) is 16.4. The summed E-state index contributed by atoms with van der Waals surface area (Å²) < 4.78 is 5.18. The third kappa shape index (κ3) is 4.12. The van der Waals surface area contributed by atoms with E-state index in [-0.39, 0.29) is 11.7 Å². The lowest BCUT2D eigenvalue weighted by atomic mass is 9.96. The van der Waals surface area contributed by atoms with Crippen molar-refractivity contribution in [1.29, 1.82) is 0 Å². The molecule has 0 saturated heterocycles. The SMILES string of the molecule is CC(CCC(=O)Oc1cccc(O)c1)c1ccccc1. The predicted molar refractivity (Wildman–Crippen MR) is 77.8 cm³/mol. The first-order valence-corrected chi connectivity index (χ1v) is 6.70. The summed E-state index contributed by atoms with van der Waals surface area (Å²) in [4.78, 5) is 11.8. The molecular formula is C17H18O3. The lowest BCUT2D eigenvalue weighted by Gasteiger charge is -2.11. The zero-order chi connectivity index (χ0) is 14.4. The fourth-order valence-electron chi connectivity index (χ4n) is 2.01. The Bertz CT molecular complexity index is 563. The molecule has 2 aromatic carbocycles. The van der Waals surface area contributed by atoms with Crippen molar-refractivity contribution in [2.24, 2.45) is 0 Å². The fraction of sp³-hybridized carbons (Fsp3) is 0.235. The van der Waals surface area contributed by atoms with Gasteiger partial charge in [0.15, 0.2) is 0 Å². The van der Waals surface area contributed by atoms with Crippen LogP contribution < -0.4 is 4.74 Å². The van der Waals surface area contributed by atoms with Crippen LogP contribution in [0.2, 0.25) is 0 Å². The number of aromatic hydroxyl groups is 1. The first-order chi connectivity index (χ1) is 9.65. The minimum atomic E-state index is -0.279. The maximum Gasteiger partial charge on any atom is 0.311 e. The molecule has 0 saturated carbocycles. The van der Waals surface area contributed by atoms with Crippen LogP contribution in [0.25, 0.3) is 0 Å². The van der Waals surface area contributed by atoms with Gasteiger partial charge in [-0.2, -0.15) is 0 Å². The van der Waals surface area contributed by atoms with Crippen molar-refractivity contribution in [3.63, 3.8) is 0 Å². The summed E-state index contributed by atoms with van der Waals surface area (Å²) in [6.45, 7) is 2.09. The van der Waals surface area contributed by atoms with Crippen LogP contribution in [-0.2, 0) is 4.79 Å². The van der Waals surface area contributed by atoms with Crippen LogP contribution in [0.4, 0.5) is 0 Å². The van der Waals surface area contributed by atoms with Gasteiger partial charge in [0, 0.05) is 12.5 Å². The molecule has 2 rings (SSSR count). The number of ether oxygens (including phenoxy) is 1. The summed E-state index contributed by atoms with van der Waals surface area (Å²) in [5.41, 5.74) is 1.22. The summed E-state index contributed by atoms with van der Waals surface area (Å²) >= 11 is 0.